The van der Waals surface area contributed by atoms with Crippen LogP contribution in [-0.4, -0.2) is 65.7 Å². The highest BCUT2D eigenvalue weighted by atomic mass is 31.2. The molecule has 0 aromatic carbocycles. The summed E-state index contributed by atoms with van der Waals surface area (Å²) in [6.45, 7) is 2.37. The maximum atomic E-state index is 12.6. The molecule has 51 heavy (non-hydrogen) atoms. The highest BCUT2D eigenvalue weighted by Crippen LogP contribution is 2.43. The number of ether oxygens (including phenoxy) is 2. The first-order valence-corrected chi connectivity index (χ1v) is 22.1. The Balaban J connectivity index is 4.29. The van der Waals surface area contributed by atoms with Crippen LogP contribution in [0.25, 0.3) is 0 Å². The van der Waals surface area contributed by atoms with E-state index >= 15 is 0 Å². The van der Waals surface area contributed by atoms with Gasteiger partial charge in [0.2, 0.25) is 0 Å². The number of hydrogen-bond donors (Lipinski definition) is 3. The summed E-state index contributed by atoms with van der Waals surface area (Å²) in [5.74, 6) is -0.923. The van der Waals surface area contributed by atoms with Crippen molar-refractivity contribution >= 4 is 19.8 Å². The fraction of sp³-hybridized carbons (Fsp3) is 0.900. The zero-order valence-corrected chi connectivity index (χ0v) is 33.5. The quantitative estimate of drug-likeness (QED) is 0.0240. The number of unbranched alkanes of at least 4 members (excludes halogenated alkanes) is 23. The summed E-state index contributed by atoms with van der Waals surface area (Å²) in [5.41, 5.74) is 0. The van der Waals surface area contributed by atoms with Gasteiger partial charge in [0.25, 0.3) is 0 Å². The molecule has 302 valence electrons. The second kappa shape index (κ2) is 37.0. The van der Waals surface area contributed by atoms with Crippen LogP contribution in [0.1, 0.15) is 194 Å². The van der Waals surface area contributed by atoms with Gasteiger partial charge in [0.1, 0.15) is 12.7 Å². The van der Waals surface area contributed by atoms with E-state index in [-0.39, 0.29) is 19.4 Å². The molecule has 11 heteroatoms. The van der Waals surface area contributed by atoms with Crippen molar-refractivity contribution < 1.29 is 47.8 Å². The van der Waals surface area contributed by atoms with Crippen LogP contribution in [0.15, 0.2) is 12.2 Å². The topological polar surface area (TPSA) is 149 Å². The lowest BCUT2D eigenvalue weighted by atomic mass is 10.1. The lowest BCUT2D eigenvalue weighted by Gasteiger charge is -2.20. The van der Waals surface area contributed by atoms with Crippen LogP contribution in [-0.2, 0) is 32.7 Å². The number of rotatable bonds is 39. The maximum Gasteiger partial charge on any atom is 0.472 e. The van der Waals surface area contributed by atoms with Crippen LogP contribution >= 0.6 is 7.82 Å². The van der Waals surface area contributed by atoms with Gasteiger partial charge in [-0.1, -0.05) is 154 Å². The number of phosphoric ester groups is 1. The molecule has 0 bridgehead atoms. The van der Waals surface area contributed by atoms with Crippen molar-refractivity contribution in [3.8, 4) is 0 Å². The van der Waals surface area contributed by atoms with E-state index in [9.17, 15) is 24.2 Å². The lowest BCUT2D eigenvalue weighted by Crippen LogP contribution is -2.29. The SMILES string of the molecule is CCCCCCCC/C=C\CCCCCCCCCC(=O)OC(COC(=O)CCCCCCCCCCCCC)COP(=O)(O)OCC(O)CO. The zero-order chi connectivity index (χ0) is 37.7. The van der Waals surface area contributed by atoms with Gasteiger partial charge < -0.3 is 24.6 Å². The van der Waals surface area contributed by atoms with E-state index in [4.69, 9.17) is 19.1 Å². The van der Waals surface area contributed by atoms with Gasteiger partial charge in [-0.15, -0.1) is 0 Å². The Bertz CT molecular complexity index is 868. The highest BCUT2D eigenvalue weighted by molar-refractivity contribution is 7.47. The molecule has 0 amide bonds. The van der Waals surface area contributed by atoms with E-state index in [1.54, 1.807) is 0 Å². The number of aliphatic hydroxyl groups is 2. The fourth-order valence-corrected chi connectivity index (χ4v) is 6.48. The van der Waals surface area contributed by atoms with Gasteiger partial charge in [0.15, 0.2) is 6.10 Å². The summed E-state index contributed by atoms with van der Waals surface area (Å²) < 4.78 is 32.6. The summed E-state index contributed by atoms with van der Waals surface area (Å²) in [5, 5.41) is 18.3. The number of allylic oxidation sites excluding steroid dienone is 2. The molecule has 0 saturated heterocycles. The van der Waals surface area contributed by atoms with E-state index in [0.29, 0.717) is 12.8 Å². The van der Waals surface area contributed by atoms with E-state index in [1.807, 2.05) is 0 Å². The van der Waals surface area contributed by atoms with Crippen molar-refractivity contribution in [2.75, 3.05) is 26.4 Å². The number of aliphatic hydroxyl groups excluding tert-OH is 2. The number of carbonyl (C=O) groups is 2. The molecule has 0 heterocycles. The molecule has 0 fully saturated rings. The van der Waals surface area contributed by atoms with Crippen LogP contribution < -0.4 is 0 Å². The monoisotopic (exact) mass is 749 g/mol. The Morgan fingerprint density at radius 1 is 0.569 bits per heavy atom. The highest BCUT2D eigenvalue weighted by Gasteiger charge is 2.27. The van der Waals surface area contributed by atoms with Crippen molar-refractivity contribution in [3.05, 3.63) is 12.2 Å². The second-order valence-electron chi connectivity index (χ2n) is 14.0. The molecular formula is C40H77O10P. The van der Waals surface area contributed by atoms with Gasteiger partial charge in [0, 0.05) is 12.8 Å². The first-order chi connectivity index (χ1) is 24.7. The predicted octanol–water partition coefficient (Wildman–Crippen LogP) is 10.4. The molecule has 0 aliphatic rings. The Morgan fingerprint density at radius 3 is 1.41 bits per heavy atom. The molecule has 3 atom stereocenters. The Hall–Kier alpha value is -1.29. The van der Waals surface area contributed by atoms with Gasteiger partial charge in [-0.25, -0.2) is 4.57 Å². The largest absolute Gasteiger partial charge is 0.472 e. The normalized spacial score (nSPS) is 14.1. The van der Waals surface area contributed by atoms with Gasteiger partial charge in [-0.2, -0.15) is 0 Å². The molecule has 0 rings (SSSR count). The molecule has 0 radical (unpaired) electrons. The van der Waals surface area contributed by atoms with E-state index in [0.717, 1.165) is 44.9 Å². The zero-order valence-electron chi connectivity index (χ0n) is 32.6. The third kappa shape index (κ3) is 36.8. The lowest BCUT2D eigenvalue weighted by molar-refractivity contribution is -0.161. The smallest absolute Gasteiger partial charge is 0.462 e. The summed E-state index contributed by atoms with van der Waals surface area (Å²) in [7, 11) is -4.61. The summed E-state index contributed by atoms with van der Waals surface area (Å²) in [6.07, 6.45) is 33.2. The molecule has 10 nitrogen and oxygen atoms in total. The van der Waals surface area contributed by atoms with Crippen LogP contribution in [0.3, 0.4) is 0 Å². The molecule has 0 saturated carbocycles. The van der Waals surface area contributed by atoms with Crippen LogP contribution in [0.4, 0.5) is 0 Å². The minimum atomic E-state index is -4.61. The van der Waals surface area contributed by atoms with Crippen molar-refractivity contribution in [1.29, 1.82) is 0 Å². The van der Waals surface area contributed by atoms with Crippen molar-refractivity contribution in [2.24, 2.45) is 0 Å². The van der Waals surface area contributed by atoms with E-state index in [1.165, 1.54) is 109 Å². The van der Waals surface area contributed by atoms with Crippen LogP contribution in [0.5, 0.6) is 0 Å². The van der Waals surface area contributed by atoms with Gasteiger partial charge in [-0.05, 0) is 38.5 Å². The Morgan fingerprint density at radius 2 is 0.961 bits per heavy atom. The van der Waals surface area contributed by atoms with Crippen molar-refractivity contribution in [2.45, 2.75) is 206 Å². The Labute approximate surface area is 311 Å². The van der Waals surface area contributed by atoms with Crippen LogP contribution in [0.2, 0.25) is 0 Å². The second-order valence-corrected chi connectivity index (χ2v) is 15.5. The average molecular weight is 749 g/mol. The molecule has 3 unspecified atom stereocenters. The minimum absolute atomic E-state index is 0.183. The van der Waals surface area contributed by atoms with Crippen LogP contribution in [0, 0.1) is 0 Å². The van der Waals surface area contributed by atoms with Crippen molar-refractivity contribution in [3.63, 3.8) is 0 Å². The van der Waals surface area contributed by atoms with E-state index < -0.39 is 51.8 Å². The summed E-state index contributed by atoms with van der Waals surface area (Å²) in [4.78, 5) is 34.9. The molecule has 3 N–H and O–H groups in total. The number of hydrogen-bond acceptors (Lipinski definition) is 9. The van der Waals surface area contributed by atoms with E-state index in [2.05, 4.69) is 30.5 Å². The van der Waals surface area contributed by atoms with Gasteiger partial charge in [0.05, 0.1) is 19.8 Å². The third-order valence-electron chi connectivity index (χ3n) is 8.92. The molecule has 0 aliphatic heterocycles. The summed E-state index contributed by atoms with van der Waals surface area (Å²) in [6, 6.07) is 0. The summed E-state index contributed by atoms with van der Waals surface area (Å²) >= 11 is 0. The molecule has 0 aromatic rings. The van der Waals surface area contributed by atoms with Crippen molar-refractivity contribution in [1.82, 2.24) is 0 Å². The minimum Gasteiger partial charge on any atom is -0.462 e. The first-order valence-electron chi connectivity index (χ1n) is 20.6. The molecular weight excluding hydrogens is 671 g/mol. The first kappa shape index (κ1) is 49.7. The number of esters is 2. The Kier molecular flexibility index (Phi) is 36.1. The predicted molar refractivity (Wildman–Crippen MR) is 205 cm³/mol. The van der Waals surface area contributed by atoms with Gasteiger partial charge in [-0.3, -0.25) is 18.6 Å². The number of carbonyl (C=O) groups excluding carboxylic acids is 2. The van der Waals surface area contributed by atoms with Gasteiger partial charge >= 0.3 is 19.8 Å². The fourth-order valence-electron chi connectivity index (χ4n) is 5.69. The maximum absolute atomic E-state index is 12.6. The molecule has 0 spiro atoms. The standard InChI is InChI=1S/C40H77O10P/c1-3-5-7-9-11-13-15-16-17-18-19-20-22-24-26-28-30-32-40(44)50-38(36-49-51(45,46)48-34-37(42)33-41)35-47-39(43)31-29-27-25-23-21-14-12-10-8-6-4-2/h16-17,37-38,41-42H,3-15,18-36H2,1-2H3,(H,45,46)/b17-16-. The number of phosphoric acid groups is 1. The third-order valence-corrected chi connectivity index (χ3v) is 9.87. The average Bonchev–Trinajstić information content (AvgIpc) is 3.12. The molecule has 0 aromatic heterocycles. The molecule has 0 aliphatic carbocycles.